The third-order valence-corrected chi connectivity index (χ3v) is 5.05. The van der Waals surface area contributed by atoms with E-state index in [0.29, 0.717) is 6.04 Å². The van der Waals surface area contributed by atoms with Gasteiger partial charge in [0.2, 0.25) is 0 Å². The second kappa shape index (κ2) is 7.45. The van der Waals surface area contributed by atoms with E-state index < -0.39 is 0 Å². The number of nitrogens with one attached hydrogen (secondary N) is 1. The van der Waals surface area contributed by atoms with E-state index in [0.717, 1.165) is 20.9 Å². The Morgan fingerprint density at radius 2 is 2.20 bits per heavy atom. The molecule has 0 aromatic carbocycles. The van der Waals surface area contributed by atoms with Gasteiger partial charge >= 0.3 is 0 Å². The van der Waals surface area contributed by atoms with Gasteiger partial charge < -0.3 is 10.4 Å². The molecular weight excluding hydrogens is 250 g/mol. The number of aliphatic hydroxyl groups excluding tert-OH is 1. The van der Waals surface area contributed by atoms with Gasteiger partial charge in [-0.2, -0.15) is 0 Å². The highest BCUT2D eigenvalue weighted by Gasteiger charge is 2.09. The van der Waals surface area contributed by atoms with Crippen LogP contribution in [0.1, 0.15) is 6.42 Å². The Morgan fingerprint density at radius 3 is 2.73 bits per heavy atom. The van der Waals surface area contributed by atoms with Crippen molar-refractivity contribution in [3.63, 3.8) is 0 Å². The molecule has 15 heavy (non-hydrogen) atoms. The Hall–Kier alpha value is 0.180. The Labute approximate surface area is 102 Å². The van der Waals surface area contributed by atoms with E-state index in [4.69, 9.17) is 5.11 Å². The van der Waals surface area contributed by atoms with Crippen LogP contribution < -0.4 is 5.32 Å². The van der Waals surface area contributed by atoms with Gasteiger partial charge in [0.1, 0.15) is 0 Å². The monoisotopic (exact) mass is 265 g/mol. The van der Waals surface area contributed by atoms with Crippen LogP contribution in [0.4, 0.5) is 0 Å². The summed E-state index contributed by atoms with van der Waals surface area (Å²) in [4.78, 5) is 0. The molecule has 7 heteroatoms. The van der Waals surface area contributed by atoms with E-state index >= 15 is 0 Å². The van der Waals surface area contributed by atoms with Gasteiger partial charge in [0.15, 0.2) is 8.68 Å². The van der Waals surface area contributed by atoms with Crippen molar-refractivity contribution in [3.05, 3.63) is 0 Å². The number of hydrogen-bond donors (Lipinski definition) is 2. The van der Waals surface area contributed by atoms with Gasteiger partial charge in [-0.15, -0.1) is 10.2 Å². The molecule has 4 nitrogen and oxygen atoms in total. The van der Waals surface area contributed by atoms with Crippen molar-refractivity contribution in [1.82, 2.24) is 15.5 Å². The average molecular weight is 265 g/mol. The number of nitrogens with zero attached hydrogens (tertiary/aromatic N) is 2. The molecular formula is C8H15N3OS3. The molecule has 2 N–H and O–H groups in total. The van der Waals surface area contributed by atoms with Crippen LogP contribution >= 0.6 is 34.9 Å². The average Bonchev–Trinajstić information content (AvgIpc) is 2.72. The highest BCUT2D eigenvalue weighted by atomic mass is 32.2. The first-order valence-corrected chi connectivity index (χ1v) is 7.61. The molecule has 0 spiro atoms. The third-order valence-electron chi connectivity index (χ3n) is 1.86. The van der Waals surface area contributed by atoms with Gasteiger partial charge in [0.05, 0.1) is 0 Å². The van der Waals surface area contributed by atoms with E-state index in [1.807, 2.05) is 13.3 Å². The predicted octanol–water partition coefficient (Wildman–Crippen LogP) is 1.32. The Kier molecular flexibility index (Phi) is 6.58. The fourth-order valence-electron chi connectivity index (χ4n) is 0.977. The first-order chi connectivity index (χ1) is 7.30. The molecule has 0 bridgehead atoms. The smallest absolute Gasteiger partial charge is 0.175 e. The maximum atomic E-state index is 8.83. The summed E-state index contributed by atoms with van der Waals surface area (Å²) in [6.45, 7) is 0.220. The van der Waals surface area contributed by atoms with E-state index in [1.54, 1.807) is 34.9 Å². The van der Waals surface area contributed by atoms with E-state index in [2.05, 4.69) is 15.5 Å². The van der Waals surface area contributed by atoms with Gasteiger partial charge in [-0.3, -0.25) is 0 Å². The van der Waals surface area contributed by atoms with Crippen LogP contribution in [-0.4, -0.2) is 47.0 Å². The second-order valence-electron chi connectivity index (χ2n) is 2.85. The molecule has 1 unspecified atom stereocenters. The van der Waals surface area contributed by atoms with Crippen LogP contribution in [0.2, 0.25) is 0 Å². The van der Waals surface area contributed by atoms with Crippen LogP contribution in [0.25, 0.3) is 0 Å². The van der Waals surface area contributed by atoms with Gasteiger partial charge in [-0.1, -0.05) is 34.9 Å². The summed E-state index contributed by atoms with van der Waals surface area (Å²) in [7, 11) is 1.91. The Balaban J connectivity index is 2.34. The fourth-order valence-corrected chi connectivity index (χ4v) is 3.59. The maximum Gasteiger partial charge on any atom is 0.175 e. The minimum atomic E-state index is 0.220. The van der Waals surface area contributed by atoms with Gasteiger partial charge in [-0.05, 0) is 19.7 Å². The maximum absolute atomic E-state index is 8.83. The van der Waals surface area contributed by atoms with Crippen LogP contribution in [0, 0.1) is 0 Å². The van der Waals surface area contributed by atoms with Crippen LogP contribution in [0.3, 0.4) is 0 Å². The molecule has 0 saturated heterocycles. The topological polar surface area (TPSA) is 58.0 Å². The summed E-state index contributed by atoms with van der Waals surface area (Å²) in [5, 5.41) is 20.1. The zero-order valence-corrected chi connectivity index (χ0v) is 11.2. The minimum Gasteiger partial charge on any atom is -0.396 e. The van der Waals surface area contributed by atoms with Crippen molar-refractivity contribution in [2.75, 3.05) is 25.7 Å². The van der Waals surface area contributed by atoms with E-state index in [1.165, 1.54) is 0 Å². The first-order valence-electron chi connectivity index (χ1n) is 4.58. The van der Waals surface area contributed by atoms with Crippen LogP contribution in [0.15, 0.2) is 8.68 Å². The van der Waals surface area contributed by atoms with Crippen LogP contribution in [0.5, 0.6) is 0 Å². The zero-order chi connectivity index (χ0) is 11.1. The Bertz CT molecular complexity index is 282. The summed E-state index contributed by atoms with van der Waals surface area (Å²) in [6, 6.07) is 0.335. The molecule has 0 saturated carbocycles. The molecule has 0 amide bonds. The summed E-state index contributed by atoms with van der Waals surface area (Å²) in [6.07, 6.45) is 2.77. The molecule has 0 aliphatic rings. The largest absolute Gasteiger partial charge is 0.396 e. The molecule has 1 rings (SSSR count). The predicted molar refractivity (Wildman–Crippen MR) is 67.0 cm³/mol. The summed E-state index contributed by atoms with van der Waals surface area (Å²) in [5.41, 5.74) is 0. The minimum absolute atomic E-state index is 0.220. The molecule has 1 heterocycles. The van der Waals surface area contributed by atoms with Gasteiger partial charge in [0.25, 0.3) is 0 Å². The zero-order valence-electron chi connectivity index (χ0n) is 8.77. The lowest BCUT2D eigenvalue weighted by molar-refractivity contribution is 0.273. The van der Waals surface area contributed by atoms with Crippen molar-refractivity contribution < 1.29 is 5.11 Å². The molecule has 1 aromatic rings. The lowest BCUT2D eigenvalue weighted by Crippen LogP contribution is -2.28. The first kappa shape index (κ1) is 13.2. The summed E-state index contributed by atoms with van der Waals surface area (Å²) >= 11 is 4.92. The fraction of sp³-hybridized carbons (Fsp3) is 0.750. The van der Waals surface area contributed by atoms with Crippen molar-refractivity contribution in [1.29, 1.82) is 0 Å². The lowest BCUT2D eigenvalue weighted by atomic mass is 10.2. The van der Waals surface area contributed by atoms with Crippen molar-refractivity contribution in [2.24, 2.45) is 0 Å². The van der Waals surface area contributed by atoms with Crippen molar-refractivity contribution in [3.8, 4) is 0 Å². The molecule has 0 fully saturated rings. The molecule has 1 aromatic heterocycles. The lowest BCUT2D eigenvalue weighted by Gasteiger charge is -2.12. The third kappa shape index (κ3) is 4.69. The quantitative estimate of drug-likeness (QED) is 0.725. The molecule has 0 aliphatic heterocycles. The number of aromatic nitrogens is 2. The second-order valence-corrected chi connectivity index (χ2v) is 6.14. The highest BCUT2D eigenvalue weighted by molar-refractivity contribution is 8.03. The standard InChI is InChI=1S/C8H15N3OS3/c1-9-6(3-4-12)5-14-8-11-10-7(13-2)15-8/h6,9,12H,3-5H2,1-2H3. The molecule has 0 radical (unpaired) electrons. The van der Waals surface area contributed by atoms with Gasteiger partial charge in [-0.25, -0.2) is 0 Å². The number of hydrogen-bond acceptors (Lipinski definition) is 7. The van der Waals surface area contributed by atoms with Gasteiger partial charge in [0, 0.05) is 18.4 Å². The van der Waals surface area contributed by atoms with E-state index in [9.17, 15) is 0 Å². The van der Waals surface area contributed by atoms with Crippen molar-refractivity contribution >= 4 is 34.9 Å². The molecule has 0 aliphatic carbocycles. The normalized spacial score (nSPS) is 13.0. The highest BCUT2D eigenvalue weighted by Crippen LogP contribution is 2.27. The molecule has 1 atom stereocenters. The number of rotatable bonds is 7. The van der Waals surface area contributed by atoms with Crippen molar-refractivity contribution in [2.45, 2.75) is 21.1 Å². The van der Waals surface area contributed by atoms with Crippen LogP contribution in [-0.2, 0) is 0 Å². The summed E-state index contributed by atoms with van der Waals surface area (Å²) in [5.74, 6) is 0.917. The number of thioether (sulfide) groups is 2. The summed E-state index contributed by atoms with van der Waals surface area (Å²) < 4.78 is 2.00. The molecule has 86 valence electrons. The van der Waals surface area contributed by atoms with E-state index in [-0.39, 0.29) is 6.61 Å². The SMILES string of the molecule is CNC(CCO)CSc1nnc(SC)s1. The number of aliphatic hydroxyl groups is 1. The Morgan fingerprint density at radius 1 is 1.47 bits per heavy atom.